The molecule has 0 bridgehead atoms. The van der Waals surface area contributed by atoms with Crippen LogP contribution in [0.15, 0.2) is 29.1 Å². The van der Waals surface area contributed by atoms with Gasteiger partial charge in [0, 0.05) is 29.6 Å². The maximum absolute atomic E-state index is 13.3. The molecule has 0 atom stereocenters. The minimum absolute atomic E-state index is 0.0901. The zero-order valence-electron chi connectivity index (χ0n) is 17.0. The molecule has 3 aromatic rings. The van der Waals surface area contributed by atoms with Crippen molar-refractivity contribution in [2.45, 2.75) is 39.4 Å². The number of hydrogen-bond donors (Lipinski definition) is 3. The number of nitrogens with zero attached hydrogens (tertiary/aromatic N) is 2. The quantitative estimate of drug-likeness (QED) is 0.616. The van der Waals surface area contributed by atoms with Crippen LogP contribution in [-0.4, -0.2) is 39.7 Å². The monoisotopic (exact) mass is 395 g/mol. The molecule has 0 radical (unpaired) electrons. The van der Waals surface area contributed by atoms with Gasteiger partial charge in [0.25, 0.3) is 11.5 Å². The summed E-state index contributed by atoms with van der Waals surface area (Å²) in [6.07, 6.45) is 0. The van der Waals surface area contributed by atoms with Crippen LogP contribution in [0.25, 0.3) is 22.2 Å². The van der Waals surface area contributed by atoms with E-state index in [2.05, 4.69) is 15.6 Å². The molecule has 1 aliphatic rings. The molecule has 3 heterocycles. The van der Waals surface area contributed by atoms with Crippen molar-refractivity contribution in [1.82, 2.24) is 19.9 Å². The molecule has 0 saturated heterocycles. The number of aromatic nitrogens is 3. The van der Waals surface area contributed by atoms with Crippen LogP contribution in [0.4, 0.5) is 5.95 Å². The summed E-state index contributed by atoms with van der Waals surface area (Å²) in [4.78, 5) is 33.4. The number of methoxy groups -OCH3 is 1. The predicted octanol–water partition coefficient (Wildman–Crippen LogP) is 2.49. The first kappa shape index (κ1) is 19.2. The number of anilines is 1. The zero-order valence-corrected chi connectivity index (χ0v) is 17.0. The molecule has 0 spiro atoms. The van der Waals surface area contributed by atoms with Crippen LogP contribution in [0, 0.1) is 0 Å². The number of H-pyrrole nitrogens is 1. The van der Waals surface area contributed by atoms with Gasteiger partial charge in [0.2, 0.25) is 5.95 Å². The number of benzene rings is 1. The molecule has 0 saturated carbocycles. The summed E-state index contributed by atoms with van der Waals surface area (Å²) in [7, 11) is 1.61. The molecule has 1 aromatic carbocycles. The fourth-order valence-corrected chi connectivity index (χ4v) is 3.53. The number of hydrogen-bond acceptors (Lipinski definition) is 5. The van der Waals surface area contributed by atoms with Gasteiger partial charge in [-0.1, -0.05) is 12.1 Å². The van der Waals surface area contributed by atoms with E-state index < -0.39 is 0 Å². The van der Waals surface area contributed by atoms with Crippen LogP contribution in [0.2, 0.25) is 0 Å². The lowest BCUT2D eigenvalue weighted by Crippen LogP contribution is -2.34. The normalized spacial score (nSPS) is 13.6. The summed E-state index contributed by atoms with van der Waals surface area (Å²) in [6.45, 7) is 7.34. The third kappa shape index (κ3) is 3.51. The van der Waals surface area contributed by atoms with Crippen molar-refractivity contribution in [1.29, 1.82) is 0 Å². The number of carbonyl (C=O) groups excluding carboxylic acids is 1. The summed E-state index contributed by atoms with van der Waals surface area (Å²) in [5, 5.41) is 6.65. The Bertz CT molecular complexity index is 1150. The van der Waals surface area contributed by atoms with Gasteiger partial charge < -0.3 is 20.4 Å². The van der Waals surface area contributed by atoms with E-state index in [9.17, 15) is 9.59 Å². The van der Waals surface area contributed by atoms with Gasteiger partial charge in [-0.25, -0.2) is 4.98 Å². The Morgan fingerprint density at radius 3 is 2.72 bits per heavy atom. The Labute approximate surface area is 168 Å². The van der Waals surface area contributed by atoms with Crippen molar-refractivity contribution in [3.8, 4) is 11.3 Å². The Morgan fingerprint density at radius 1 is 1.24 bits per heavy atom. The summed E-state index contributed by atoms with van der Waals surface area (Å²) in [6, 6.07) is 7.35. The Kier molecular flexibility index (Phi) is 4.66. The molecule has 29 heavy (non-hydrogen) atoms. The first-order chi connectivity index (χ1) is 13.8. The van der Waals surface area contributed by atoms with Crippen molar-refractivity contribution in [2.75, 3.05) is 19.0 Å². The molecule has 2 aromatic heterocycles. The largest absolute Gasteiger partial charge is 0.383 e. The Morgan fingerprint density at radius 2 is 2.03 bits per heavy atom. The van der Waals surface area contributed by atoms with E-state index in [1.807, 2.05) is 39.0 Å². The van der Waals surface area contributed by atoms with Crippen molar-refractivity contribution >= 4 is 22.8 Å². The van der Waals surface area contributed by atoms with E-state index in [0.29, 0.717) is 42.1 Å². The summed E-state index contributed by atoms with van der Waals surface area (Å²) >= 11 is 0. The lowest BCUT2D eigenvalue weighted by molar-refractivity contribution is 0.0965. The lowest BCUT2D eigenvalue weighted by Gasteiger charge is -2.24. The maximum Gasteiger partial charge on any atom is 0.262 e. The molecule has 1 amide bonds. The van der Waals surface area contributed by atoms with Gasteiger partial charge >= 0.3 is 0 Å². The molecule has 152 valence electrons. The van der Waals surface area contributed by atoms with E-state index >= 15 is 0 Å². The zero-order chi connectivity index (χ0) is 20.8. The maximum atomic E-state index is 13.3. The highest BCUT2D eigenvalue weighted by molar-refractivity contribution is 6.01. The van der Waals surface area contributed by atoms with Crippen molar-refractivity contribution in [2.24, 2.45) is 0 Å². The van der Waals surface area contributed by atoms with E-state index in [1.54, 1.807) is 17.7 Å². The topological polar surface area (TPSA) is 101 Å². The average molecular weight is 395 g/mol. The lowest BCUT2D eigenvalue weighted by atomic mass is 10.1. The smallest absolute Gasteiger partial charge is 0.262 e. The van der Waals surface area contributed by atoms with Gasteiger partial charge in [0.1, 0.15) is 0 Å². The molecule has 1 aliphatic heterocycles. The van der Waals surface area contributed by atoms with Crippen molar-refractivity contribution in [3.63, 3.8) is 0 Å². The summed E-state index contributed by atoms with van der Waals surface area (Å²) in [5.41, 5.74) is 3.25. The van der Waals surface area contributed by atoms with Crippen LogP contribution in [-0.2, 0) is 17.8 Å². The second-order valence-electron chi connectivity index (χ2n) is 8.22. The minimum atomic E-state index is -0.275. The molecular weight excluding hydrogens is 370 g/mol. The number of amides is 1. The number of para-hydroxylation sites is 1. The molecular formula is C21H25N5O3. The number of carbonyl (C=O) groups is 1. The number of fused-ring (bicyclic) bond motifs is 2. The predicted molar refractivity (Wildman–Crippen MR) is 112 cm³/mol. The molecule has 8 heteroatoms. The van der Waals surface area contributed by atoms with Crippen LogP contribution in [0.5, 0.6) is 0 Å². The molecule has 4 rings (SSSR count). The minimum Gasteiger partial charge on any atom is -0.383 e. The van der Waals surface area contributed by atoms with Crippen LogP contribution < -0.4 is 16.2 Å². The molecule has 8 nitrogen and oxygen atoms in total. The van der Waals surface area contributed by atoms with E-state index in [-0.39, 0.29) is 17.0 Å². The van der Waals surface area contributed by atoms with Gasteiger partial charge in [-0.2, -0.15) is 0 Å². The fourth-order valence-electron chi connectivity index (χ4n) is 3.53. The first-order valence-electron chi connectivity index (χ1n) is 9.59. The van der Waals surface area contributed by atoms with Gasteiger partial charge in [-0.05, 0) is 32.9 Å². The van der Waals surface area contributed by atoms with Crippen LogP contribution >= 0.6 is 0 Å². The number of nitrogens with one attached hydrogen (secondary N) is 3. The second-order valence-corrected chi connectivity index (χ2v) is 8.22. The van der Waals surface area contributed by atoms with Crippen LogP contribution in [0.1, 0.15) is 36.8 Å². The number of rotatable bonds is 5. The summed E-state index contributed by atoms with van der Waals surface area (Å²) in [5.74, 6) is 0.407. The third-order valence-corrected chi connectivity index (χ3v) is 4.85. The van der Waals surface area contributed by atoms with E-state index in [1.165, 1.54) is 0 Å². The van der Waals surface area contributed by atoms with Gasteiger partial charge in [-0.15, -0.1) is 0 Å². The van der Waals surface area contributed by atoms with E-state index in [0.717, 1.165) is 17.0 Å². The van der Waals surface area contributed by atoms with Gasteiger partial charge in [-0.3, -0.25) is 14.2 Å². The van der Waals surface area contributed by atoms with Crippen molar-refractivity contribution < 1.29 is 9.53 Å². The standard InChI is InChI=1S/C21H25N5O3/c1-21(2,3)25-20-24-17-12(15-10-14-16(23-15)11-22-18(14)27)6-5-7-13(17)19(28)26(20)8-9-29-4/h5-7,10,23H,8-9,11H2,1-4H3,(H,22,27)(H,24,25). The highest BCUT2D eigenvalue weighted by Gasteiger charge is 2.24. The Balaban J connectivity index is 1.92. The van der Waals surface area contributed by atoms with Gasteiger partial charge in [0.05, 0.1) is 36.2 Å². The molecule has 0 aliphatic carbocycles. The van der Waals surface area contributed by atoms with Gasteiger partial charge in [0.15, 0.2) is 0 Å². The van der Waals surface area contributed by atoms with E-state index in [4.69, 9.17) is 9.72 Å². The SMILES string of the molecule is COCCn1c(NC(C)(C)C)nc2c(-c3cc4c([nH]3)CNC4=O)cccc2c1=O. The number of ether oxygens (including phenoxy) is 1. The molecule has 0 fully saturated rings. The second kappa shape index (κ2) is 7.04. The van der Waals surface area contributed by atoms with Crippen molar-refractivity contribution in [3.05, 3.63) is 45.9 Å². The average Bonchev–Trinajstić information content (AvgIpc) is 3.22. The molecule has 0 unspecified atom stereocenters. The first-order valence-corrected chi connectivity index (χ1v) is 9.59. The summed E-state index contributed by atoms with van der Waals surface area (Å²) < 4.78 is 6.79. The number of aromatic amines is 1. The fraction of sp³-hybridized carbons (Fsp3) is 0.381. The highest BCUT2D eigenvalue weighted by Crippen LogP contribution is 2.30. The molecule has 3 N–H and O–H groups in total. The third-order valence-electron chi connectivity index (χ3n) is 4.85. The van der Waals surface area contributed by atoms with Crippen LogP contribution in [0.3, 0.4) is 0 Å². The highest BCUT2D eigenvalue weighted by atomic mass is 16.5. The Hall–Kier alpha value is -3.13.